The van der Waals surface area contributed by atoms with Crippen molar-refractivity contribution in [3.8, 4) is 10.6 Å². The number of anilines is 2. The Labute approximate surface area is 125 Å². The zero-order chi connectivity index (χ0) is 15.9. The molecule has 6 N–H and O–H groups in total. The zero-order valence-corrected chi connectivity index (χ0v) is 11.9. The van der Waals surface area contributed by atoms with Crippen LogP contribution in [0.5, 0.6) is 0 Å². The number of hydrogen-bond acceptors (Lipinski definition) is 9. The van der Waals surface area contributed by atoms with Crippen LogP contribution in [0.4, 0.5) is 10.8 Å². The van der Waals surface area contributed by atoms with Crippen LogP contribution < -0.4 is 22.3 Å². The molecule has 0 spiro atoms. The molecule has 0 aliphatic carbocycles. The van der Waals surface area contributed by atoms with Gasteiger partial charge in [-0.15, -0.1) is 15.2 Å². The lowest BCUT2D eigenvalue weighted by Crippen LogP contribution is -2.29. The lowest BCUT2D eigenvalue weighted by Gasteiger charge is -2.12. The molecule has 1 aromatic carbocycles. The topological polar surface area (TPSA) is 159 Å². The Balaban J connectivity index is 2.45. The number of fused-ring (bicyclic) bond motifs is 1. The van der Waals surface area contributed by atoms with Gasteiger partial charge in [-0.2, -0.15) is 0 Å². The van der Waals surface area contributed by atoms with E-state index in [9.17, 15) is 9.59 Å². The van der Waals surface area contributed by atoms with Gasteiger partial charge in [0.2, 0.25) is 5.13 Å². The fourth-order valence-corrected chi connectivity index (χ4v) is 2.84. The highest BCUT2D eigenvalue weighted by atomic mass is 32.1. The maximum absolute atomic E-state index is 11.6. The van der Waals surface area contributed by atoms with E-state index in [0.29, 0.717) is 32.9 Å². The molecule has 114 valence electrons. The van der Waals surface area contributed by atoms with Gasteiger partial charge in [0.1, 0.15) is 0 Å². The summed E-state index contributed by atoms with van der Waals surface area (Å²) in [5.41, 5.74) is 8.51. The molecule has 0 fully saturated rings. The van der Waals surface area contributed by atoms with E-state index in [1.807, 2.05) is 0 Å². The van der Waals surface area contributed by atoms with Crippen molar-refractivity contribution in [3.05, 3.63) is 32.3 Å². The molecule has 0 bridgehead atoms. The summed E-state index contributed by atoms with van der Waals surface area (Å²) in [5.74, 6) is 0. The Hall–Kier alpha value is -2.76. The molecule has 10 nitrogen and oxygen atoms in total. The number of nitrogens with one attached hydrogen (secondary N) is 3. The maximum Gasteiger partial charge on any atom is 0.314 e. The molecule has 2 heterocycles. The second-order valence-corrected chi connectivity index (χ2v) is 5.40. The Morgan fingerprint density at radius 3 is 2.68 bits per heavy atom. The molecule has 0 unspecified atom stereocenters. The van der Waals surface area contributed by atoms with E-state index >= 15 is 0 Å². The third-order valence-electron chi connectivity index (χ3n) is 3.09. The van der Waals surface area contributed by atoms with Gasteiger partial charge in [-0.1, -0.05) is 11.3 Å². The third kappa shape index (κ3) is 2.22. The Morgan fingerprint density at radius 1 is 1.32 bits per heavy atom. The van der Waals surface area contributed by atoms with Crippen molar-refractivity contribution in [1.82, 2.24) is 20.2 Å². The van der Waals surface area contributed by atoms with E-state index in [2.05, 4.69) is 30.6 Å². The Bertz CT molecular complexity index is 975. The normalized spacial score (nSPS) is 11.0. The number of aromatic nitrogens is 4. The number of rotatable bonds is 3. The van der Waals surface area contributed by atoms with Crippen molar-refractivity contribution in [1.29, 1.82) is 0 Å². The summed E-state index contributed by atoms with van der Waals surface area (Å²) in [6.07, 6.45) is 0. The smallest absolute Gasteiger partial charge is 0.314 e. The second kappa shape index (κ2) is 5.22. The molecule has 0 aliphatic rings. The number of nitrogens with zero attached hydrogens (tertiary/aromatic N) is 2. The highest BCUT2D eigenvalue weighted by molar-refractivity contribution is 7.18. The maximum atomic E-state index is 11.6. The first-order chi connectivity index (χ1) is 10.5. The highest BCUT2D eigenvalue weighted by Gasteiger charge is 2.17. The van der Waals surface area contributed by atoms with Gasteiger partial charge in [0.25, 0.3) is 0 Å². The summed E-state index contributed by atoms with van der Waals surface area (Å²) >= 11 is 1.12. The molecule has 0 saturated carbocycles. The second-order valence-electron chi connectivity index (χ2n) is 4.39. The summed E-state index contributed by atoms with van der Waals surface area (Å²) in [6, 6.07) is 1.51. The summed E-state index contributed by atoms with van der Waals surface area (Å²) in [6.45, 7) is 1.72. The molecular weight excluding hydrogens is 312 g/mol. The van der Waals surface area contributed by atoms with Gasteiger partial charge in [-0.3, -0.25) is 9.59 Å². The molecule has 0 amide bonds. The summed E-state index contributed by atoms with van der Waals surface area (Å²) in [5, 5.41) is 17.0. The van der Waals surface area contributed by atoms with E-state index in [4.69, 9.17) is 11.0 Å². The van der Waals surface area contributed by atoms with E-state index in [1.165, 1.54) is 6.07 Å². The molecule has 3 aromatic rings. The third-order valence-corrected chi connectivity index (χ3v) is 3.86. The van der Waals surface area contributed by atoms with Gasteiger partial charge < -0.3 is 15.7 Å². The number of benzene rings is 1. The molecule has 0 radical (unpaired) electrons. The quantitative estimate of drug-likeness (QED) is 0.264. The SMILES string of the molecule is Cc1c(NOO)cc2[nH]c(=O)c(=O)[nH]c2c1-c1nnc(N)s1. The van der Waals surface area contributed by atoms with Crippen LogP contribution in [0, 0.1) is 6.92 Å². The van der Waals surface area contributed by atoms with Gasteiger partial charge in [0.05, 0.1) is 16.7 Å². The van der Waals surface area contributed by atoms with Gasteiger partial charge in [-0.25, -0.2) is 10.7 Å². The first kappa shape index (κ1) is 14.2. The predicted molar refractivity (Wildman–Crippen MR) is 80.6 cm³/mol. The van der Waals surface area contributed by atoms with Crippen molar-refractivity contribution in [3.63, 3.8) is 0 Å². The van der Waals surface area contributed by atoms with E-state index in [-0.39, 0.29) is 5.13 Å². The lowest BCUT2D eigenvalue weighted by molar-refractivity contribution is -0.215. The van der Waals surface area contributed by atoms with Crippen LogP contribution in [0.2, 0.25) is 0 Å². The fourth-order valence-electron chi connectivity index (χ4n) is 2.12. The van der Waals surface area contributed by atoms with Gasteiger partial charge in [0.15, 0.2) is 5.01 Å². The molecule has 0 atom stereocenters. The van der Waals surface area contributed by atoms with Crippen molar-refractivity contribution in [2.75, 3.05) is 11.2 Å². The van der Waals surface area contributed by atoms with E-state index in [1.54, 1.807) is 6.92 Å². The van der Waals surface area contributed by atoms with Gasteiger partial charge in [-0.05, 0) is 18.6 Å². The monoisotopic (exact) mass is 322 g/mol. The van der Waals surface area contributed by atoms with Gasteiger partial charge in [0, 0.05) is 5.56 Å². The summed E-state index contributed by atoms with van der Waals surface area (Å²) in [7, 11) is 0. The van der Waals surface area contributed by atoms with Crippen LogP contribution in [-0.2, 0) is 4.99 Å². The first-order valence-corrected chi connectivity index (χ1v) is 6.78. The van der Waals surface area contributed by atoms with Crippen LogP contribution in [0.25, 0.3) is 21.6 Å². The molecule has 0 aliphatic heterocycles. The predicted octanol–water partition coefficient (Wildman–Crippen LogP) is 0.442. The van der Waals surface area contributed by atoms with Crippen LogP contribution in [0.15, 0.2) is 15.7 Å². The van der Waals surface area contributed by atoms with Crippen molar-refractivity contribution >= 4 is 33.2 Å². The average molecular weight is 322 g/mol. The largest absolute Gasteiger partial charge is 0.374 e. The van der Waals surface area contributed by atoms with Crippen molar-refractivity contribution in [2.45, 2.75) is 6.92 Å². The molecule has 3 rings (SSSR count). The minimum absolute atomic E-state index is 0.256. The molecule has 2 aromatic heterocycles. The molecule has 0 saturated heterocycles. The van der Waals surface area contributed by atoms with Gasteiger partial charge >= 0.3 is 11.1 Å². The molecular formula is C11H10N6O4S. The number of aromatic amines is 2. The Morgan fingerprint density at radius 2 is 2.05 bits per heavy atom. The van der Waals surface area contributed by atoms with Crippen LogP contribution >= 0.6 is 11.3 Å². The minimum atomic E-state index is -0.796. The number of nitrogen functional groups attached to an aromatic ring is 1. The first-order valence-electron chi connectivity index (χ1n) is 5.97. The van der Waals surface area contributed by atoms with Crippen LogP contribution in [-0.4, -0.2) is 25.4 Å². The minimum Gasteiger partial charge on any atom is -0.374 e. The lowest BCUT2D eigenvalue weighted by atomic mass is 10.0. The average Bonchev–Trinajstić information content (AvgIpc) is 2.89. The van der Waals surface area contributed by atoms with Crippen LogP contribution in [0.3, 0.4) is 0 Å². The standard InChI is InChI=1S/C11H10N6O4S/c1-3-4(17-21-20)2-5-7(14-9(19)8(18)13-5)6(3)10-15-16-11(12)22-10/h2,17,20H,1H3,(H2,12,16)(H,13,18)(H,14,19). The van der Waals surface area contributed by atoms with Crippen molar-refractivity contribution in [2.24, 2.45) is 0 Å². The van der Waals surface area contributed by atoms with Crippen molar-refractivity contribution < 1.29 is 10.2 Å². The zero-order valence-electron chi connectivity index (χ0n) is 11.1. The fraction of sp³-hybridized carbons (Fsp3) is 0.0909. The Kier molecular flexibility index (Phi) is 3.36. The van der Waals surface area contributed by atoms with E-state index < -0.39 is 11.1 Å². The highest BCUT2D eigenvalue weighted by Crippen LogP contribution is 2.36. The van der Waals surface area contributed by atoms with Crippen LogP contribution in [0.1, 0.15) is 5.56 Å². The molecule has 22 heavy (non-hydrogen) atoms. The van der Waals surface area contributed by atoms with E-state index in [0.717, 1.165) is 11.3 Å². The number of H-pyrrole nitrogens is 2. The number of hydrogen-bond donors (Lipinski definition) is 5. The summed E-state index contributed by atoms with van der Waals surface area (Å²) in [4.78, 5) is 32.0. The summed E-state index contributed by atoms with van der Waals surface area (Å²) < 4.78 is 0. The number of nitrogens with two attached hydrogens (primary N) is 1. The molecule has 11 heteroatoms.